The first-order valence-corrected chi connectivity index (χ1v) is 11.9. The summed E-state index contributed by atoms with van der Waals surface area (Å²) in [6.07, 6.45) is 1.34. The highest BCUT2D eigenvalue weighted by molar-refractivity contribution is 5.22. The van der Waals surface area contributed by atoms with Crippen LogP contribution in [-0.2, 0) is 13.1 Å². The third kappa shape index (κ3) is 4.46. The molecule has 0 spiro atoms. The molecule has 0 amide bonds. The molecule has 2 aromatic rings. The van der Waals surface area contributed by atoms with E-state index in [0.29, 0.717) is 12.3 Å². The number of nitrogens with zero attached hydrogens (tertiary/aromatic N) is 4. The number of benzene rings is 2. The van der Waals surface area contributed by atoms with E-state index < -0.39 is 0 Å². The van der Waals surface area contributed by atoms with E-state index in [-0.39, 0.29) is 39.4 Å². The Morgan fingerprint density at radius 3 is 1.21 bits per heavy atom. The summed E-state index contributed by atoms with van der Waals surface area (Å²) in [7, 11) is 0. The molecular weight excluding hydrogens is 544 g/mol. The number of piperazine rings is 2. The highest BCUT2D eigenvalue weighted by atomic mass is 79.9. The second-order valence-electron chi connectivity index (χ2n) is 10.5. The van der Waals surface area contributed by atoms with Crippen LogP contribution >= 0.6 is 0 Å². The molecule has 4 aliphatic rings. The van der Waals surface area contributed by atoms with Gasteiger partial charge in [-0.15, -0.1) is 0 Å². The molecule has 4 saturated heterocycles. The number of aryl methyl sites for hydroxylation is 2. The van der Waals surface area contributed by atoms with Crippen LogP contribution in [0, 0.1) is 13.8 Å². The van der Waals surface area contributed by atoms with Gasteiger partial charge in [0, 0.05) is 11.1 Å². The summed E-state index contributed by atoms with van der Waals surface area (Å²) < 4.78 is 2.58. The largest absolute Gasteiger partial charge is 1.00 e. The molecule has 33 heavy (non-hydrogen) atoms. The molecule has 7 heteroatoms. The lowest BCUT2D eigenvalue weighted by molar-refractivity contribution is -1.04. The van der Waals surface area contributed by atoms with Crippen molar-refractivity contribution < 1.29 is 48.4 Å². The van der Waals surface area contributed by atoms with Crippen molar-refractivity contribution in [2.75, 3.05) is 52.4 Å². The van der Waals surface area contributed by atoms with Crippen molar-refractivity contribution in [2.24, 2.45) is 0 Å². The summed E-state index contributed by atoms with van der Waals surface area (Å²) in [5.41, 5.74) is 5.79. The third-order valence-corrected chi connectivity index (χ3v) is 8.70. The molecule has 0 aromatic heterocycles. The van der Waals surface area contributed by atoms with E-state index in [1.807, 2.05) is 0 Å². The molecule has 0 radical (unpaired) electrons. The first-order chi connectivity index (χ1) is 14.6. The van der Waals surface area contributed by atoms with E-state index in [4.69, 9.17) is 0 Å². The first-order valence-electron chi connectivity index (χ1n) is 11.9. The van der Waals surface area contributed by atoms with Gasteiger partial charge < -0.3 is 39.4 Å². The third-order valence-electron chi connectivity index (χ3n) is 8.70. The number of quaternary nitrogens is 2. The second kappa shape index (κ2) is 10.1. The normalized spacial score (nSPS) is 32.3. The van der Waals surface area contributed by atoms with Crippen LogP contribution in [0.1, 0.15) is 22.3 Å². The van der Waals surface area contributed by atoms with Gasteiger partial charge in [0.15, 0.2) is 0 Å². The number of hydrogen-bond donors (Lipinski definition) is 0. The molecule has 2 N–H and O–H groups in total. The van der Waals surface area contributed by atoms with Gasteiger partial charge in [0.2, 0.25) is 12.3 Å². The van der Waals surface area contributed by atoms with Crippen molar-refractivity contribution in [2.45, 2.75) is 39.3 Å². The van der Waals surface area contributed by atoms with Crippen LogP contribution in [-0.4, -0.2) is 88.9 Å². The highest BCUT2D eigenvalue weighted by Gasteiger charge is 2.67. The predicted octanol–water partition coefficient (Wildman–Crippen LogP) is -3.87. The predicted molar refractivity (Wildman–Crippen MR) is 124 cm³/mol. The second-order valence-corrected chi connectivity index (χ2v) is 10.5. The molecule has 182 valence electrons. The topological polar surface area (TPSA) is 38.0 Å². The van der Waals surface area contributed by atoms with Crippen molar-refractivity contribution in [1.82, 2.24) is 9.80 Å². The number of rotatable bonds is 4. The summed E-state index contributed by atoms with van der Waals surface area (Å²) in [5.74, 6) is 0. The molecule has 4 heterocycles. The molecular formula is C26H38Br2N4O. The van der Waals surface area contributed by atoms with Crippen LogP contribution in [0.15, 0.2) is 48.5 Å². The molecule has 2 aromatic carbocycles. The van der Waals surface area contributed by atoms with E-state index in [0.717, 1.165) is 0 Å². The van der Waals surface area contributed by atoms with Crippen LogP contribution < -0.4 is 34.0 Å². The summed E-state index contributed by atoms with van der Waals surface area (Å²) in [5, 5.41) is 0. The van der Waals surface area contributed by atoms with Gasteiger partial charge in [-0.05, 0) is 13.8 Å². The minimum Gasteiger partial charge on any atom is -1.00 e. The van der Waals surface area contributed by atoms with Gasteiger partial charge >= 0.3 is 0 Å². The molecule has 5 nitrogen and oxygen atoms in total. The van der Waals surface area contributed by atoms with E-state index >= 15 is 0 Å². The zero-order chi connectivity index (χ0) is 20.3. The fourth-order valence-electron chi connectivity index (χ4n) is 7.07. The van der Waals surface area contributed by atoms with Gasteiger partial charge in [-0.1, -0.05) is 59.7 Å². The molecule has 0 saturated carbocycles. The van der Waals surface area contributed by atoms with Crippen molar-refractivity contribution in [3.63, 3.8) is 0 Å². The minimum absolute atomic E-state index is 0. The number of hydrogen-bond acceptors (Lipinski definition) is 2. The molecule has 0 bridgehead atoms. The zero-order valence-electron chi connectivity index (χ0n) is 19.9. The van der Waals surface area contributed by atoms with E-state index in [1.54, 1.807) is 0 Å². The maximum atomic E-state index is 2.86. The smallest absolute Gasteiger partial charge is 0.214 e. The Morgan fingerprint density at radius 1 is 0.606 bits per heavy atom. The standard InChI is InChI=1S/C26H36N4.2BrH.H2O/c1-21-3-7-23(8-4-21)19-29-15-11-27-14-18-30(20-24-9-5-22(2)6-10-24)16-12-28(13-17-29)26(30)25(27)29;;;/h3-10,25-26H,11-20H2,1-2H3;2*1H;1H2/q+2;;;/p-2/t25-,26-,29-,30-;;;/m1.../s1. The Morgan fingerprint density at radius 2 is 0.909 bits per heavy atom. The van der Waals surface area contributed by atoms with Gasteiger partial charge in [-0.2, -0.15) is 0 Å². The summed E-state index contributed by atoms with van der Waals surface area (Å²) >= 11 is 0. The lowest BCUT2D eigenvalue weighted by Crippen LogP contribution is -3.00. The molecule has 4 aliphatic heterocycles. The summed E-state index contributed by atoms with van der Waals surface area (Å²) in [6, 6.07) is 18.7. The molecule has 0 unspecified atom stereocenters. The zero-order valence-corrected chi connectivity index (χ0v) is 23.1. The van der Waals surface area contributed by atoms with Crippen molar-refractivity contribution in [3.05, 3.63) is 70.8 Å². The van der Waals surface area contributed by atoms with Crippen molar-refractivity contribution in [3.8, 4) is 0 Å². The van der Waals surface area contributed by atoms with Gasteiger partial charge in [0.05, 0.1) is 52.4 Å². The SMILES string of the molecule is Cc1ccc(C[N@+]23CCN4CC[N@+]5(Cc6ccc(C)cc6)CCN(CC2)[C@H]3[C@H]45)cc1.O.[Br-].[Br-]. The first kappa shape index (κ1) is 26.8. The van der Waals surface area contributed by atoms with Crippen molar-refractivity contribution in [1.29, 1.82) is 0 Å². The van der Waals surface area contributed by atoms with Gasteiger partial charge in [0.1, 0.15) is 13.1 Å². The molecule has 0 aliphatic carbocycles. The summed E-state index contributed by atoms with van der Waals surface area (Å²) in [4.78, 5) is 5.73. The van der Waals surface area contributed by atoms with Gasteiger partial charge in [-0.3, -0.25) is 8.97 Å². The highest BCUT2D eigenvalue weighted by Crippen LogP contribution is 2.44. The van der Waals surface area contributed by atoms with Gasteiger partial charge in [0.25, 0.3) is 0 Å². The van der Waals surface area contributed by atoms with Crippen LogP contribution in [0.4, 0.5) is 0 Å². The Bertz CT molecular complexity index is 863. The van der Waals surface area contributed by atoms with Crippen LogP contribution in [0.25, 0.3) is 0 Å². The van der Waals surface area contributed by atoms with Gasteiger partial charge in [-0.25, -0.2) is 9.80 Å². The maximum Gasteiger partial charge on any atom is 0.214 e. The quantitative estimate of drug-likeness (QED) is 0.347. The van der Waals surface area contributed by atoms with E-state index in [2.05, 4.69) is 72.2 Å². The van der Waals surface area contributed by atoms with Crippen LogP contribution in [0.3, 0.4) is 0 Å². The summed E-state index contributed by atoms with van der Waals surface area (Å²) in [6.45, 7) is 17.2. The molecule has 2 atom stereocenters. The van der Waals surface area contributed by atoms with Crippen LogP contribution in [0.5, 0.6) is 0 Å². The molecule has 6 rings (SSSR count). The Balaban J connectivity index is 0.00000102. The fraction of sp³-hybridized carbons (Fsp3) is 0.538. The lowest BCUT2D eigenvalue weighted by atomic mass is 10.0. The minimum atomic E-state index is 0. The molecule has 4 fully saturated rings. The average Bonchev–Trinajstić information content (AvgIpc) is 3.30. The Hall–Kier alpha value is -0.800. The fourth-order valence-corrected chi connectivity index (χ4v) is 7.07. The van der Waals surface area contributed by atoms with E-state index in [9.17, 15) is 0 Å². The van der Waals surface area contributed by atoms with E-state index in [1.165, 1.54) is 96.7 Å². The lowest BCUT2D eigenvalue weighted by Gasteiger charge is -2.56. The average molecular weight is 582 g/mol. The monoisotopic (exact) mass is 580 g/mol. The van der Waals surface area contributed by atoms with Crippen molar-refractivity contribution >= 4 is 0 Å². The maximum absolute atomic E-state index is 2.86. The Kier molecular flexibility index (Phi) is 8.16. The Labute approximate surface area is 220 Å². The van der Waals surface area contributed by atoms with Crippen LogP contribution in [0.2, 0.25) is 0 Å². The number of halogens is 2.